The average Bonchev–Trinajstić information content (AvgIpc) is 2.73. The minimum atomic E-state index is 0.0252. The maximum Gasteiger partial charge on any atom is 0.101 e. The van der Waals surface area contributed by atoms with Crippen molar-refractivity contribution >= 4 is 23.2 Å². The number of aryl methyl sites for hydroxylation is 1. The van der Waals surface area contributed by atoms with Crippen LogP contribution in [0.3, 0.4) is 0 Å². The van der Waals surface area contributed by atoms with E-state index in [0.29, 0.717) is 10.0 Å². The van der Waals surface area contributed by atoms with E-state index < -0.39 is 0 Å². The topological polar surface area (TPSA) is 25.2 Å². The van der Waals surface area contributed by atoms with Gasteiger partial charge in [-0.25, -0.2) is 0 Å². The second kappa shape index (κ2) is 5.79. The van der Waals surface area contributed by atoms with Gasteiger partial charge in [0.05, 0.1) is 12.3 Å². The third-order valence-electron chi connectivity index (χ3n) is 2.77. The van der Waals surface area contributed by atoms with E-state index in [1.165, 1.54) is 0 Å². The maximum absolute atomic E-state index is 6.26. The van der Waals surface area contributed by atoms with Crippen molar-refractivity contribution in [1.82, 2.24) is 5.32 Å². The number of benzene rings is 1. The van der Waals surface area contributed by atoms with Crippen LogP contribution in [0.25, 0.3) is 0 Å². The quantitative estimate of drug-likeness (QED) is 0.888. The minimum absolute atomic E-state index is 0.0252. The van der Waals surface area contributed by atoms with Crippen molar-refractivity contribution in [3.8, 4) is 0 Å². The molecule has 0 spiro atoms. The van der Waals surface area contributed by atoms with Crippen LogP contribution in [0.5, 0.6) is 0 Å². The van der Waals surface area contributed by atoms with Gasteiger partial charge in [-0.05, 0) is 37.2 Å². The summed E-state index contributed by atoms with van der Waals surface area (Å²) in [6.07, 6.45) is 1.76. The maximum atomic E-state index is 6.26. The van der Waals surface area contributed by atoms with Crippen molar-refractivity contribution < 1.29 is 4.42 Å². The summed E-state index contributed by atoms with van der Waals surface area (Å²) in [6, 6.07) is 7.59. The predicted octanol–water partition coefficient (Wildman–Crippen LogP) is 4.59. The van der Waals surface area contributed by atoms with Crippen molar-refractivity contribution in [2.75, 3.05) is 6.54 Å². The Kier molecular flexibility index (Phi) is 4.33. The highest BCUT2D eigenvalue weighted by molar-refractivity contribution is 6.35. The molecule has 0 radical (unpaired) electrons. The van der Waals surface area contributed by atoms with Gasteiger partial charge in [0.25, 0.3) is 0 Å². The van der Waals surface area contributed by atoms with Crippen LogP contribution in [0, 0.1) is 6.92 Å². The van der Waals surface area contributed by atoms with Crippen LogP contribution < -0.4 is 5.32 Å². The lowest BCUT2D eigenvalue weighted by molar-refractivity contribution is 0.525. The Morgan fingerprint density at radius 3 is 2.61 bits per heavy atom. The molecule has 0 aliphatic heterocycles. The molecule has 1 aromatic heterocycles. The molecule has 1 N–H and O–H groups in total. The fraction of sp³-hybridized carbons (Fsp3) is 0.286. The van der Waals surface area contributed by atoms with Gasteiger partial charge in [0.2, 0.25) is 0 Å². The molecule has 1 atom stereocenters. The first-order valence-electron chi connectivity index (χ1n) is 5.85. The Balaban J connectivity index is 2.41. The second-order valence-corrected chi connectivity index (χ2v) is 4.99. The van der Waals surface area contributed by atoms with Crippen LogP contribution in [0.2, 0.25) is 10.0 Å². The van der Waals surface area contributed by atoms with E-state index in [4.69, 9.17) is 27.6 Å². The minimum Gasteiger partial charge on any atom is -0.469 e. The summed E-state index contributed by atoms with van der Waals surface area (Å²) in [5, 5.41) is 4.70. The van der Waals surface area contributed by atoms with Gasteiger partial charge in [0.1, 0.15) is 5.76 Å². The zero-order chi connectivity index (χ0) is 13.1. The number of furan rings is 1. The summed E-state index contributed by atoms with van der Waals surface area (Å²) in [5.74, 6) is 0.887. The summed E-state index contributed by atoms with van der Waals surface area (Å²) < 4.78 is 5.37. The lowest BCUT2D eigenvalue weighted by atomic mass is 10.0. The third-order valence-corrected chi connectivity index (χ3v) is 3.33. The van der Waals surface area contributed by atoms with Gasteiger partial charge < -0.3 is 9.73 Å². The van der Waals surface area contributed by atoms with Crippen molar-refractivity contribution in [3.63, 3.8) is 0 Å². The second-order valence-electron chi connectivity index (χ2n) is 4.15. The third kappa shape index (κ3) is 2.89. The highest BCUT2D eigenvalue weighted by Gasteiger charge is 2.17. The Morgan fingerprint density at radius 1 is 1.28 bits per heavy atom. The Labute approximate surface area is 117 Å². The first kappa shape index (κ1) is 13.5. The van der Waals surface area contributed by atoms with E-state index >= 15 is 0 Å². The van der Waals surface area contributed by atoms with Gasteiger partial charge in [-0.15, -0.1) is 0 Å². The molecular formula is C14H15Cl2NO. The highest BCUT2D eigenvalue weighted by Crippen LogP contribution is 2.31. The fourth-order valence-corrected chi connectivity index (χ4v) is 2.48. The van der Waals surface area contributed by atoms with Gasteiger partial charge in [-0.1, -0.05) is 36.2 Å². The molecule has 0 fully saturated rings. The lowest BCUT2D eigenvalue weighted by Gasteiger charge is -2.18. The van der Waals surface area contributed by atoms with E-state index in [1.54, 1.807) is 12.3 Å². The molecule has 0 saturated heterocycles. The molecule has 1 heterocycles. The highest BCUT2D eigenvalue weighted by atomic mass is 35.5. The normalized spacial score (nSPS) is 12.7. The molecule has 96 valence electrons. The van der Waals surface area contributed by atoms with Crippen LogP contribution in [0.15, 0.2) is 34.9 Å². The molecule has 1 unspecified atom stereocenters. The standard InChI is InChI=1S/C14H15Cl2NO/c1-3-17-14(10-6-9(2)18-8-10)12-5-4-11(15)7-13(12)16/h4-8,14,17H,3H2,1-2H3. The fourth-order valence-electron chi connectivity index (χ4n) is 1.96. The SMILES string of the molecule is CCNC(c1coc(C)c1)c1ccc(Cl)cc1Cl. The van der Waals surface area contributed by atoms with Crippen molar-refractivity contribution in [2.24, 2.45) is 0 Å². The van der Waals surface area contributed by atoms with Crippen LogP contribution >= 0.6 is 23.2 Å². The zero-order valence-electron chi connectivity index (χ0n) is 10.3. The molecule has 0 bridgehead atoms. The number of halogens is 2. The molecule has 0 aliphatic rings. The van der Waals surface area contributed by atoms with Crippen LogP contribution in [0.1, 0.15) is 29.9 Å². The molecule has 4 heteroatoms. The largest absolute Gasteiger partial charge is 0.469 e. The molecule has 2 rings (SSSR count). The van der Waals surface area contributed by atoms with Gasteiger partial charge in [0, 0.05) is 15.6 Å². The Bertz CT molecular complexity index is 536. The Morgan fingerprint density at radius 2 is 2.06 bits per heavy atom. The molecule has 0 amide bonds. The van der Waals surface area contributed by atoms with E-state index in [0.717, 1.165) is 23.4 Å². The molecule has 2 nitrogen and oxygen atoms in total. The summed E-state index contributed by atoms with van der Waals surface area (Å²) in [4.78, 5) is 0. The number of nitrogens with one attached hydrogen (secondary N) is 1. The van der Waals surface area contributed by atoms with E-state index in [-0.39, 0.29) is 6.04 Å². The van der Waals surface area contributed by atoms with E-state index in [2.05, 4.69) is 12.2 Å². The molecule has 0 aliphatic carbocycles. The average molecular weight is 284 g/mol. The van der Waals surface area contributed by atoms with Gasteiger partial charge in [-0.3, -0.25) is 0 Å². The van der Waals surface area contributed by atoms with Gasteiger partial charge >= 0.3 is 0 Å². The molecule has 18 heavy (non-hydrogen) atoms. The monoisotopic (exact) mass is 283 g/mol. The van der Waals surface area contributed by atoms with E-state index in [9.17, 15) is 0 Å². The lowest BCUT2D eigenvalue weighted by Crippen LogP contribution is -2.21. The summed E-state index contributed by atoms with van der Waals surface area (Å²) >= 11 is 12.2. The molecular weight excluding hydrogens is 269 g/mol. The number of rotatable bonds is 4. The summed E-state index contributed by atoms with van der Waals surface area (Å²) in [5.41, 5.74) is 2.07. The van der Waals surface area contributed by atoms with Crippen molar-refractivity contribution in [2.45, 2.75) is 19.9 Å². The number of hydrogen-bond donors (Lipinski definition) is 1. The smallest absolute Gasteiger partial charge is 0.101 e. The van der Waals surface area contributed by atoms with Crippen LogP contribution in [-0.2, 0) is 0 Å². The van der Waals surface area contributed by atoms with Crippen molar-refractivity contribution in [1.29, 1.82) is 0 Å². The van der Waals surface area contributed by atoms with Crippen molar-refractivity contribution in [3.05, 3.63) is 57.5 Å². The summed E-state index contributed by atoms with van der Waals surface area (Å²) in [6.45, 7) is 4.83. The number of hydrogen-bond acceptors (Lipinski definition) is 2. The summed E-state index contributed by atoms with van der Waals surface area (Å²) in [7, 11) is 0. The predicted molar refractivity (Wildman–Crippen MR) is 75.4 cm³/mol. The van der Waals surface area contributed by atoms with E-state index in [1.807, 2.05) is 25.1 Å². The Hall–Kier alpha value is -0.960. The van der Waals surface area contributed by atoms with Gasteiger partial charge in [0.15, 0.2) is 0 Å². The molecule has 1 aromatic carbocycles. The zero-order valence-corrected chi connectivity index (χ0v) is 11.8. The molecule has 2 aromatic rings. The van der Waals surface area contributed by atoms with Crippen LogP contribution in [0.4, 0.5) is 0 Å². The van der Waals surface area contributed by atoms with Crippen LogP contribution in [-0.4, -0.2) is 6.54 Å². The first-order chi connectivity index (χ1) is 8.61. The molecule has 0 saturated carbocycles. The first-order valence-corrected chi connectivity index (χ1v) is 6.60. The van der Waals surface area contributed by atoms with Gasteiger partial charge in [-0.2, -0.15) is 0 Å².